The molecule has 0 atom stereocenters. The van der Waals surface area contributed by atoms with Gasteiger partial charge in [0.25, 0.3) is 0 Å². The van der Waals surface area contributed by atoms with Crippen molar-refractivity contribution in [1.82, 2.24) is 9.97 Å². The van der Waals surface area contributed by atoms with Crippen molar-refractivity contribution in [2.75, 3.05) is 0 Å². The summed E-state index contributed by atoms with van der Waals surface area (Å²) in [6, 6.07) is 0. The van der Waals surface area contributed by atoms with Gasteiger partial charge in [0.15, 0.2) is 0 Å². The van der Waals surface area contributed by atoms with Crippen molar-refractivity contribution in [3.8, 4) is 0 Å². The summed E-state index contributed by atoms with van der Waals surface area (Å²) in [7, 11) is 0. The van der Waals surface area contributed by atoms with Crippen LogP contribution in [0.25, 0.3) is 5.70 Å². The lowest BCUT2D eigenvalue weighted by atomic mass is 10.3. The van der Waals surface area contributed by atoms with E-state index in [2.05, 4.69) is 25.9 Å². The van der Waals surface area contributed by atoms with Crippen molar-refractivity contribution < 1.29 is 0 Å². The predicted molar refractivity (Wildman–Crippen MR) is 45.6 cm³/mol. The maximum Gasteiger partial charge on any atom is 0.125 e. The van der Waals surface area contributed by atoms with Crippen molar-refractivity contribution in [1.29, 1.82) is 0 Å². The molecule has 0 bridgehead atoms. The molecule has 4 heteroatoms. The second kappa shape index (κ2) is 2.30. The van der Waals surface area contributed by atoms with Gasteiger partial charge in [-0.25, -0.2) is 4.98 Å². The summed E-state index contributed by atoms with van der Waals surface area (Å²) < 4.78 is 0.731. The highest BCUT2D eigenvalue weighted by atomic mass is 79.9. The van der Waals surface area contributed by atoms with Crippen molar-refractivity contribution in [3.63, 3.8) is 0 Å². The number of nitrogens with zero attached hydrogens (tertiary/aromatic N) is 2. The highest BCUT2D eigenvalue weighted by Crippen LogP contribution is 2.20. The molecule has 56 valence electrons. The van der Waals surface area contributed by atoms with Crippen molar-refractivity contribution in [2.24, 2.45) is 5.73 Å². The first kappa shape index (κ1) is 6.79. The number of rotatable bonds is 0. The molecule has 0 fully saturated rings. The largest absolute Gasteiger partial charge is 0.397 e. The lowest BCUT2D eigenvalue weighted by Gasteiger charge is -1.98. The first-order valence-electron chi connectivity index (χ1n) is 3.25. The van der Waals surface area contributed by atoms with Crippen LogP contribution in [-0.2, 0) is 6.42 Å². The van der Waals surface area contributed by atoms with Gasteiger partial charge in [0.2, 0.25) is 0 Å². The van der Waals surface area contributed by atoms with Gasteiger partial charge in [0.1, 0.15) is 10.3 Å². The van der Waals surface area contributed by atoms with Crippen LogP contribution in [0.4, 0.5) is 0 Å². The molecule has 0 saturated carbocycles. The molecule has 0 aromatic carbocycles. The minimum Gasteiger partial charge on any atom is -0.397 e. The number of halogens is 1. The lowest BCUT2D eigenvalue weighted by Crippen LogP contribution is -1.99. The zero-order valence-corrected chi connectivity index (χ0v) is 7.30. The van der Waals surface area contributed by atoms with Crippen LogP contribution in [0.3, 0.4) is 0 Å². The Bertz CT molecular complexity index is 332. The number of hydrogen-bond acceptors (Lipinski definition) is 3. The minimum atomic E-state index is 0.730. The van der Waals surface area contributed by atoms with Gasteiger partial charge in [-0.3, -0.25) is 4.98 Å². The Kier molecular flexibility index (Phi) is 1.42. The SMILES string of the molecule is NC1=CCc2ncc(Br)nc21. The zero-order valence-electron chi connectivity index (χ0n) is 5.71. The maximum absolute atomic E-state index is 5.65. The van der Waals surface area contributed by atoms with E-state index in [0.29, 0.717) is 0 Å². The van der Waals surface area contributed by atoms with Gasteiger partial charge >= 0.3 is 0 Å². The fourth-order valence-corrected chi connectivity index (χ4v) is 1.36. The first-order valence-corrected chi connectivity index (χ1v) is 4.04. The Balaban J connectivity index is 2.60. The molecule has 11 heavy (non-hydrogen) atoms. The number of hydrogen-bond donors (Lipinski definition) is 1. The van der Waals surface area contributed by atoms with Gasteiger partial charge in [-0.1, -0.05) is 6.08 Å². The number of nitrogens with two attached hydrogens (primary N) is 1. The van der Waals surface area contributed by atoms with E-state index in [9.17, 15) is 0 Å². The molecule has 1 aliphatic carbocycles. The number of allylic oxidation sites excluding steroid dienone is 1. The molecule has 2 rings (SSSR count). The second-order valence-electron chi connectivity index (χ2n) is 2.35. The molecule has 1 heterocycles. The molecule has 1 aromatic rings. The summed E-state index contributed by atoms with van der Waals surface area (Å²) in [5, 5.41) is 0. The molecule has 0 spiro atoms. The summed E-state index contributed by atoms with van der Waals surface area (Å²) in [5.74, 6) is 0. The van der Waals surface area contributed by atoms with E-state index in [1.54, 1.807) is 6.20 Å². The van der Waals surface area contributed by atoms with E-state index in [-0.39, 0.29) is 0 Å². The zero-order chi connectivity index (χ0) is 7.84. The van der Waals surface area contributed by atoms with E-state index in [1.807, 2.05) is 6.08 Å². The second-order valence-corrected chi connectivity index (χ2v) is 3.16. The standard InChI is InChI=1S/C7H6BrN3/c8-6-3-10-5-2-1-4(9)7(5)11-6/h1,3H,2,9H2. The Morgan fingerprint density at radius 1 is 1.55 bits per heavy atom. The third-order valence-electron chi connectivity index (χ3n) is 1.61. The molecule has 0 amide bonds. The van der Waals surface area contributed by atoms with Crippen LogP contribution in [0.5, 0.6) is 0 Å². The third kappa shape index (κ3) is 1.03. The Morgan fingerprint density at radius 3 is 3.18 bits per heavy atom. The van der Waals surface area contributed by atoms with Crippen LogP contribution in [0.2, 0.25) is 0 Å². The molecule has 3 nitrogen and oxygen atoms in total. The molecule has 0 radical (unpaired) electrons. The van der Waals surface area contributed by atoms with Crippen molar-refractivity contribution in [2.45, 2.75) is 6.42 Å². The van der Waals surface area contributed by atoms with E-state index in [1.165, 1.54) is 0 Å². The van der Waals surface area contributed by atoms with Gasteiger partial charge in [-0.2, -0.15) is 0 Å². The lowest BCUT2D eigenvalue weighted by molar-refractivity contribution is 1.04. The summed E-state index contributed by atoms with van der Waals surface area (Å²) in [5.41, 5.74) is 8.17. The monoisotopic (exact) mass is 211 g/mol. The summed E-state index contributed by atoms with van der Waals surface area (Å²) >= 11 is 3.24. The van der Waals surface area contributed by atoms with Crippen LogP contribution in [0.1, 0.15) is 11.4 Å². The average molecular weight is 212 g/mol. The van der Waals surface area contributed by atoms with Crippen LogP contribution in [0.15, 0.2) is 16.9 Å². The highest BCUT2D eigenvalue weighted by molar-refractivity contribution is 9.10. The topological polar surface area (TPSA) is 51.8 Å². The molecule has 0 aliphatic heterocycles. The summed E-state index contributed by atoms with van der Waals surface area (Å²) in [6.07, 6.45) is 4.42. The van der Waals surface area contributed by atoms with Gasteiger partial charge in [-0.05, 0) is 15.9 Å². The van der Waals surface area contributed by atoms with E-state index in [0.717, 1.165) is 28.1 Å². The number of fused-ring (bicyclic) bond motifs is 1. The quantitative estimate of drug-likeness (QED) is 0.700. The molecule has 0 unspecified atom stereocenters. The summed E-state index contributed by atoms with van der Waals surface area (Å²) in [4.78, 5) is 8.36. The van der Waals surface area contributed by atoms with Gasteiger partial charge < -0.3 is 5.73 Å². The smallest absolute Gasteiger partial charge is 0.125 e. The highest BCUT2D eigenvalue weighted by Gasteiger charge is 2.13. The van der Waals surface area contributed by atoms with Crippen LogP contribution in [-0.4, -0.2) is 9.97 Å². The van der Waals surface area contributed by atoms with Gasteiger partial charge in [-0.15, -0.1) is 0 Å². The Labute approximate surface area is 72.5 Å². The van der Waals surface area contributed by atoms with Gasteiger partial charge in [0, 0.05) is 6.42 Å². The van der Waals surface area contributed by atoms with Gasteiger partial charge in [0.05, 0.1) is 17.6 Å². The molecule has 0 saturated heterocycles. The predicted octanol–water partition coefficient (Wildman–Crippen LogP) is 1.09. The minimum absolute atomic E-state index is 0.730. The fourth-order valence-electron chi connectivity index (χ4n) is 1.08. The van der Waals surface area contributed by atoms with Crippen molar-refractivity contribution in [3.05, 3.63) is 28.3 Å². The van der Waals surface area contributed by atoms with Crippen LogP contribution >= 0.6 is 15.9 Å². The van der Waals surface area contributed by atoms with Crippen molar-refractivity contribution >= 4 is 21.6 Å². The average Bonchev–Trinajstić information content (AvgIpc) is 2.33. The molecule has 2 N–H and O–H groups in total. The van der Waals surface area contributed by atoms with E-state index >= 15 is 0 Å². The van der Waals surface area contributed by atoms with Crippen LogP contribution < -0.4 is 5.73 Å². The van der Waals surface area contributed by atoms with Crippen LogP contribution in [0, 0.1) is 0 Å². The molecule has 1 aliphatic rings. The summed E-state index contributed by atoms with van der Waals surface area (Å²) in [6.45, 7) is 0. The molecular formula is C7H6BrN3. The molecular weight excluding hydrogens is 206 g/mol. The normalized spacial score (nSPS) is 14.5. The van der Waals surface area contributed by atoms with E-state index < -0.39 is 0 Å². The first-order chi connectivity index (χ1) is 5.27. The number of aromatic nitrogens is 2. The Hall–Kier alpha value is -0.900. The fraction of sp³-hybridized carbons (Fsp3) is 0.143. The third-order valence-corrected chi connectivity index (χ3v) is 1.99. The van der Waals surface area contributed by atoms with E-state index in [4.69, 9.17) is 5.73 Å². The maximum atomic E-state index is 5.65. The Morgan fingerprint density at radius 2 is 2.36 bits per heavy atom. The molecule has 1 aromatic heterocycles.